The summed E-state index contributed by atoms with van der Waals surface area (Å²) in [5.74, 6) is 2.23. The van der Waals surface area contributed by atoms with Gasteiger partial charge in [-0.15, -0.1) is 0 Å². The molecule has 3 saturated carbocycles. The molecule has 0 radical (unpaired) electrons. The second-order valence-corrected chi connectivity index (χ2v) is 9.64. The number of aliphatic hydroxyl groups is 2. The SMILES string of the molecule is C[C@H](CO)[C@@H]1CC[C@H]2[C@@H]3[C@@H](O)CC4=CC(=O)C=C[C@@]4(C)[C@H]3CC[C@]21C. The minimum absolute atomic E-state index is 0.0662. The predicted octanol–water partition coefficient (Wildman–Crippen LogP) is 3.51. The molecule has 0 aromatic rings. The lowest BCUT2D eigenvalue weighted by molar-refractivity contribution is -0.113. The maximum Gasteiger partial charge on any atom is 0.178 e. The van der Waals surface area contributed by atoms with Crippen molar-refractivity contribution in [3.05, 3.63) is 23.8 Å². The van der Waals surface area contributed by atoms with Crippen LogP contribution >= 0.6 is 0 Å². The molecule has 0 heterocycles. The Morgan fingerprint density at radius 1 is 1.24 bits per heavy atom. The van der Waals surface area contributed by atoms with Crippen LogP contribution in [0.3, 0.4) is 0 Å². The van der Waals surface area contributed by atoms with Gasteiger partial charge in [0.1, 0.15) is 0 Å². The zero-order valence-electron chi connectivity index (χ0n) is 15.7. The molecule has 4 aliphatic carbocycles. The molecule has 138 valence electrons. The first-order chi connectivity index (χ1) is 11.8. The Balaban J connectivity index is 1.69. The van der Waals surface area contributed by atoms with Crippen molar-refractivity contribution in [2.24, 2.45) is 40.4 Å². The van der Waals surface area contributed by atoms with Gasteiger partial charge in [-0.05, 0) is 79.3 Å². The van der Waals surface area contributed by atoms with Crippen molar-refractivity contribution in [2.75, 3.05) is 6.61 Å². The van der Waals surface area contributed by atoms with Crippen molar-refractivity contribution in [3.63, 3.8) is 0 Å². The van der Waals surface area contributed by atoms with Crippen LogP contribution in [0.1, 0.15) is 52.9 Å². The second-order valence-electron chi connectivity index (χ2n) is 9.64. The summed E-state index contributed by atoms with van der Waals surface area (Å²) in [6.07, 6.45) is 10.6. The topological polar surface area (TPSA) is 57.5 Å². The fourth-order valence-corrected chi connectivity index (χ4v) is 7.27. The van der Waals surface area contributed by atoms with E-state index in [0.717, 1.165) is 12.0 Å². The highest BCUT2D eigenvalue weighted by Gasteiger charge is 2.61. The molecule has 0 amide bonds. The quantitative estimate of drug-likeness (QED) is 0.806. The number of fused-ring (bicyclic) bond motifs is 5. The van der Waals surface area contributed by atoms with Gasteiger partial charge in [0.25, 0.3) is 0 Å². The van der Waals surface area contributed by atoms with Gasteiger partial charge in [0, 0.05) is 12.0 Å². The smallest absolute Gasteiger partial charge is 0.178 e. The number of carbonyl (C=O) groups excluding carboxylic acids is 1. The standard InChI is InChI=1S/C22H32O3/c1-13(12-23)16-4-5-17-20-18(7-9-22(16,17)3)21(2)8-6-15(24)10-14(21)11-19(20)25/h6,8,10,13,16-20,23,25H,4-5,7,9,11-12H2,1-3H3/t13-,16+,17+,18+,19+,20+,21-,22+/m1/s1. The van der Waals surface area contributed by atoms with Gasteiger partial charge >= 0.3 is 0 Å². The summed E-state index contributed by atoms with van der Waals surface area (Å²) < 4.78 is 0. The van der Waals surface area contributed by atoms with Crippen LogP contribution in [0, 0.1) is 40.4 Å². The highest BCUT2D eigenvalue weighted by atomic mass is 16.3. The number of ketones is 1. The molecule has 4 rings (SSSR count). The minimum Gasteiger partial charge on any atom is -0.396 e. The number of allylic oxidation sites excluding steroid dienone is 3. The van der Waals surface area contributed by atoms with E-state index in [0.29, 0.717) is 36.0 Å². The van der Waals surface area contributed by atoms with Crippen molar-refractivity contribution in [1.29, 1.82) is 0 Å². The lowest BCUT2D eigenvalue weighted by Crippen LogP contribution is -2.55. The summed E-state index contributed by atoms with van der Waals surface area (Å²) in [4.78, 5) is 11.8. The molecular weight excluding hydrogens is 312 g/mol. The summed E-state index contributed by atoms with van der Waals surface area (Å²) in [5, 5.41) is 20.8. The Morgan fingerprint density at radius 3 is 2.72 bits per heavy atom. The predicted molar refractivity (Wildman–Crippen MR) is 97.7 cm³/mol. The van der Waals surface area contributed by atoms with Crippen LogP contribution in [-0.2, 0) is 4.79 Å². The zero-order valence-corrected chi connectivity index (χ0v) is 15.7. The molecule has 3 nitrogen and oxygen atoms in total. The van der Waals surface area contributed by atoms with Gasteiger partial charge in [0.2, 0.25) is 0 Å². The summed E-state index contributed by atoms with van der Waals surface area (Å²) in [6.45, 7) is 7.13. The van der Waals surface area contributed by atoms with Crippen LogP contribution in [0.5, 0.6) is 0 Å². The average molecular weight is 344 g/mol. The molecule has 0 aliphatic heterocycles. The van der Waals surface area contributed by atoms with E-state index in [1.54, 1.807) is 12.2 Å². The van der Waals surface area contributed by atoms with Crippen LogP contribution in [0.2, 0.25) is 0 Å². The molecule has 0 spiro atoms. The highest BCUT2D eigenvalue weighted by molar-refractivity contribution is 6.01. The molecule has 0 saturated heterocycles. The Kier molecular flexibility index (Phi) is 4.05. The van der Waals surface area contributed by atoms with E-state index < -0.39 is 0 Å². The molecule has 0 aromatic heterocycles. The lowest BCUT2D eigenvalue weighted by atomic mass is 9.46. The van der Waals surface area contributed by atoms with E-state index in [4.69, 9.17) is 0 Å². The van der Waals surface area contributed by atoms with Crippen molar-refractivity contribution in [1.82, 2.24) is 0 Å². The third-order valence-electron chi connectivity index (χ3n) is 8.63. The molecule has 0 unspecified atom stereocenters. The highest BCUT2D eigenvalue weighted by Crippen LogP contribution is 2.66. The second kappa shape index (κ2) is 5.79. The normalized spacial score (nSPS) is 49.9. The fraction of sp³-hybridized carbons (Fsp3) is 0.773. The summed E-state index contributed by atoms with van der Waals surface area (Å²) >= 11 is 0. The molecule has 0 bridgehead atoms. The van der Waals surface area contributed by atoms with Gasteiger partial charge in [-0.3, -0.25) is 4.79 Å². The number of rotatable bonds is 2. The largest absolute Gasteiger partial charge is 0.396 e. The Hall–Kier alpha value is -0.930. The molecule has 8 atom stereocenters. The average Bonchev–Trinajstić information content (AvgIpc) is 2.93. The van der Waals surface area contributed by atoms with Gasteiger partial charge in [0.05, 0.1) is 6.10 Å². The zero-order chi connectivity index (χ0) is 18.0. The van der Waals surface area contributed by atoms with Gasteiger partial charge in [-0.2, -0.15) is 0 Å². The van der Waals surface area contributed by atoms with Gasteiger partial charge in [-0.25, -0.2) is 0 Å². The van der Waals surface area contributed by atoms with Crippen LogP contribution in [0.15, 0.2) is 23.8 Å². The van der Waals surface area contributed by atoms with Crippen molar-refractivity contribution >= 4 is 5.78 Å². The van der Waals surface area contributed by atoms with Gasteiger partial charge in [-0.1, -0.05) is 32.4 Å². The third kappa shape index (κ3) is 2.35. The van der Waals surface area contributed by atoms with Crippen LogP contribution in [0.25, 0.3) is 0 Å². The molecular formula is C22H32O3. The van der Waals surface area contributed by atoms with Crippen molar-refractivity contribution in [3.8, 4) is 0 Å². The van der Waals surface area contributed by atoms with Gasteiger partial charge in [0.15, 0.2) is 5.78 Å². The Morgan fingerprint density at radius 2 is 2.00 bits per heavy atom. The first kappa shape index (κ1) is 17.5. The molecule has 2 N–H and O–H groups in total. The maximum absolute atomic E-state index is 11.8. The van der Waals surface area contributed by atoms with Crippen molar-refractivity contribution < 1.29 is 15.0 Å². The van der Waals surface area contributed by atoms with E-state index in [1.165, 1.54) is 19.3 Å². The summed E-state index contributed by atoms with van der Waals surface area (Å²) in [6, 6.07) is 0. The number of aliphatic hydroxyl groups excluding tert-OH is 2. The first-order valence-corrected chi connectivity index (χ1v) is 10.0. The minimum atomic E-state index is -0.337. The monoisotopic (exact) mass is 344 g/mol. The van der Waals surface area contributed by atoms with Gasteiger partial charge < -0.3 is 10.2 Å². The maximum atomic E-state index is 11.8. The summed E-state index contributed by atoms with van der Waals surface area (Å²) in [7, 11) is 0. The van der Waals surface area contributed by atoms with Crippen LogP contribution in [0.4, 0.5) is 0 Å². The van der Waals surface area contributed by atoms with E-state index >= 15 is 0 Å². The Bertz CT molecular complexity index is 635. The number of carbonyl (C=O) groups is 1. The van der Waals surface area contributed by atoms with E-state index in [1.807, 2.05) is 0 Å². The van der Waals surface area contributed by atoms with E-state index in [9.17, 15) is 15.0 Å². The Labute approximate surface area is 151 Å². The molecule has 3 heteroatoms. The van der Waals surface area contributed by atoms with Crippen LogP contribution in [-0.4, -0.2) is 28.7 Å². The van der Waals surface area contributed by atoms with E-state index in [2.05, 4.69) is 26.8 Å². The molecule has 4 aliphatic rings. The molecule has 0 aromatic carbocycles. The fourth-order valence-electron chi connectivity index (χ4n) is 7.27. The lowest BCUT2D eigenvalue weighted by Gasteiger charge is -2.58. The summed E-state index contributed by atoms with van der Waals surface area (Å²) in [5.41, 5.74) is 1.30. The molecule has 3 fully saturated rings. The number of hydrogen-bond acceptors (Lipinski definition) is 3. The molecule has 25 heavy (non-hydrogen) atoms. The third-order valence-corrected chi connectivity index (χ3v) is 8.63. The van der Waals surface area contributed by atoms with Crippen LogP contribution < -0.4 is 0 Å². The van der Waals surface area contributed by atoms with E-state index in [-0.39, 0.29) is 29.3 Å². The first-order valence-electron chi connectivity index (χ1n) is 10.0. The van der Waals surface area contributed by atoms with Crippen molar-refractivity contribution in [2.45, 2.75) is 59.0 Å². The number of hydrogen-bond donors (Lipinski definition) is 2.